The summed E-state index contributed by atoms with van der Waals surface area (Å²) >= 11 is 0. The van der Waals surface area contributed by atoms with Crippen molar-refractivity contribution in [2.75, 3.05) is 39.4 Å². The van der Waals surface area contributed by atoms with E-state index in [1.807, 2.05) is 0 Å². The van der Waals surface area contributed by atoms with Crippen molar-refractivity contribution in [3.63, 3.8) is 0 Å². The van der Waals surface area contributed by atoms with Crippen LogP contribution >= 0.6 is 0 Å². The standard InChI is InChI=1S/C17H33N3O/c1-2-20-10-4-3-6-14(20)12-19-16-8-5-7-15(16)17-13-21-11-9-18-17/h14-19H,2-13H2,1H3. The van der Waals surface area contributed by atoms with Gasteiger partial charge in [0.1, 0.15) is 0 Å². The molecular weight excluding hydrogens is 262 g/mol. The first kappa shape index (κ1) is 15.7. The van der Waals surface area contributed by atoms with Crippen LogP contribution in [-0.4, -0.2) is 62.4 Å². The molecule has 4 heteroatoms. The lowest BCUT2D eigenvalue weighted by Crippen LogP contribution is -2.53. The summed E-state index contributed by atoms with van der Waals surface area (Å²) in [6, 6.07) is 2.04. The Hall–Kier alpha value is -0.160. The van der Waals surface area contributed by atoms with Crippen LogP contribution in [-0.2, 0) is 4.74 Å². The van der Waals surface area contributed by atoms with Gasteiger partial charge in [-0.2, -0.15) is 0 Å². The molecule has 2 N–H and O–H groups in total. The summed E-state index contributed by atoms with van der Waals surface area (Å²) in [6.45, 7) is 8.82. The molecule has 3 aliphatic rings. The van der Waals surface area contributed by atoms with Gasteiger partial charge in [0.15, 0.2) is 0 Å². The van der Waals surface area contributed by atoms with E-state index in [9.17, 15) is 0 Å². The molecule has 4 atom stereocenters. The van der Waals surface area contributed by atoms with Crippen LogP contribution in [0.1, 0.15) is 45.4 Å². The molecule has 0 aromatic carbocycles. The molecule has 3 rings (SSSR count). The Balaban J connectivity index is 1.49. The zero-order chi connectivity index (χ0) is 14.5. The summed E-state index contributed by atoms with van der Waals surface area (Å²) < 4.78 is 5.67. The van der Waals surface area contributed by atoms with Crippen molar-refractivity contribution in [3.05, 3.63) is 0 Å². The average molecular weight is 295 g/mol. The molecule has 0 spiro atoms. The van der Waals surface area contributed by atoms with E-state index in [0.717, 1.165) is 31.7 Å². The predicted octanol–water partition coefficient (Wildman–Crippen LogP) is 1.61. The van der Waals surface area contributed by atoms with Crippen molar-refractivity contribution in [2.45, 2.75) is 63.6 Å². The van der Waals surface area contributed by atoms with Crippen molar-refractivity contribution in [1.29, 1.82) is 0 Å². The highest BCUT2D eigenvalue weighted by Crippen LogP contribution is 2.29. The van der Waals surface area contributed by atoms with Gasteiger partial charge in [-0.3, -0.25) is 4.90 Å². The lowest BCUT2D eigenvalue weighted by atomic mass is 9.93. The number of ether oxygens (including phenoxy) is 1. The monoisotopic (exact) mass is 295 g/mol. The minimum atomic E-state index is 0.576. The Kier molecular flexibility index (Phi) is 5.92. The maximum absolute atomic E-state index is 5.67. The molecule has 4 nitrogen and oxygen atoms in total. The van der Waals surface area contributed by atoms with Crippen LogP contribution < -0.4 is 10.6 Å². The molecule has 122 valence electrons. The molecule has 1 saturated carbocycles. The van der Waals surface area contributed by atoms with Crippen LogP contribution in [0.25, 0.3) is 0 Å². The largest absolute Gasteiger partial charge is 0.379 e. The second kappa shape index (κ2) is 7.91. The van der Waals surface area contributed by atoms with E-state index >= 15 is 0 Å². The maximum atomic E-state index is 5.67. The molecule has 0 radical (unpaired) electrons. The topological polar surface area (TPSA) is 36.5 Å². The lowest BCUT2D eigenvalue weighted by Gasteiger charge is -2.37. The minimum absolute atomic E-state index is 0.576. The number of nitrogens with one attached hydrogen (secondary N) is 2. The Labute approximate surface area is 130 Å². The van der Waals surface area contributed by atoms with Gasteiger partial charge in [0.2, 0.25) is 0 Å². The van der Waals surface area contributed by atoms with Gasteiger partial charge in [-0.15, -0.1) is 0 Å². The van der Waals surface area contributed by atoms with E-state index in [2.05, 4.69) is 22.5 Å². The van der Waals surface area contributed by atoms with E-state index < -0.39 is 0 Å². The summed E-state index contributed by atoms with van der Waals surface area (Å²) in [5, 5.41) is 7.60. The first-order chi connectivity index (χ1) is 10.4. The first-order valence-corrected chi connectivity index (χ1v) is 9.17. The number of hydrogen-bond acceptors (Lipinski definition) is 4. The normalized spacial score (nSPS) is 38.7. The number of likely N-dealkylation sites (tertiary alicyclic amines) is 1. The number of rotatable bonds is 5. The van der Waals surface area contributed by atoms with Crippen LogP contribution in [0, 0.1) is 5.92 Å². The van der Waals surface area contributed by atoms with Gasteiger partial charge in [-0.25, -0.2) is 0 Å². The van der Waals surface area contributed by atoms with Gasteiger partial charge in [-0.05, 0) is 44.7 Å². The minimum Gasteiger partial charge on any atom is -0.379 e. The summed E-state index contributed by atoms with van der Waals surface area (Å²) in [7, 11) is 0. The van der Waals surface area contributed by atoms with Crippen LogP contribution in [0.15, 0.2) is 0 Å². The van der Waals surface area contributed by atoms with Gasteiger partial charge < -0.3 is 15.4 Å². The first-order valence-electron chi connectivity index (χ1n) is 9.17. The Morgan fingerprint density at radius 3 is 2.95 bits per heavy atom. The van der Waals surface area contributed by atoms with Crippen LogP contribution in [0.5, 0.6) is 0 Å². The highest BCUT2D eigenvalue weighted by atomic mass is 16.5. The summed E-state index contributed by atoms with van der Waals surface area (Å²) in [6.07, 6.45) is 8.27. The molecular formula is C17H33N3O. The second-order valence-electron chi connectivity index (χ2n) is 7.02. The van der Waals surface area contributed by atoms with Gasteiger partial charge in [0.25, 0.3) is 0 Å². The smallest absolute Gasteiger partial charge is 0.0623 e. The van der Waals surface area contributed by atoms with Gasteiger partial charge in [0.05, 0.1) is 13.2 Å². The van der Waals surface area contributed by atoms with Crippen molar-refractivity contribution in [3.8, 4) is 0 Å². The number of piperidine rings is 1. The van der Waals surface area contributed by atoms with E-state index in [4.69, 9.17) is 4.74 Å². The second-order valence-corrected chi connectivity index (χ2v) is 7.02. The third-order valence-electron chi connectivity index (χ3n) is 5.81. The third-order valence-corrected chi connectivity index (χ3v) is 5.81. The van der Waals surface area contributed by atoms with Crippen LogP contribution in [0.4, 0.5) is 0 Å². The molecule has 1 aliphatic carbocycles. The van der Waals surface area contributed by atoms with E-state index in [1.165, 1.54) is 58.2 Å². The van der Waals surface area contributed by atoms with Crippen molar-refractivity contribution in [1.82, 2.24) is 15.5 Å². The molecule has 0 bridgehead atoms. The number of nitrogens with zero attached hydrogens (tertiary/aromatic N) is 1. The fourth-order valence-electron chi connectivity index (χ4n) is 4.58. The lowest BCUT2D eigenvalue weighted by molar-refractivity contribution is 0.0514. The molecule has 21 heavy (non-hydrogen) atoms. The fraction of sp³-hybridized carbons (Fsp3) is 1.00. The predicted molar refractivity (Wildman–Crippen MR) is 86.6 cm³/mol. The number of morpholine rings is 1. The van der Waals surface area contributed by atoms with Crippen molar-refractivity contribution in [2.24, 2.45) is 5.92 Å². The maximum Gasteiger partial charge on any atom is 0.0623 e. The zero-order valence-corrected chi connectivity index (χ0v) is 13.7. The summed E-state index contributed by atoms with van der Waals surface area (Å²) in [5.74, 6) is 0.768. The Bertz CT molecular complexity index is 306. The van der Waals surface area contributed by atoms with Crippen molar-refractivity contribution >= 4 is 0 Å². The molecule has 0 amide bonds. The quantitative estimate of drug-likeness (QED) is 0.808. The Morgan fingerprint density at radius 1 is 1.19 bits per heavy atom. The molecule has 3 fully saturated rings. The molecule has 4 unspecified atom stereocenters. The summed E-state index contributed by atoms with van der Waals surface area (Å²) in [4.78, 5) is 2.67. The SMILES string of the molecule is CCN1CCCCC1CNC1CCCC1C1COCCN1. The van der Waals surface area contributed by atoms with E-state index in [-0.39, 0.29) is 0 Å². The Morgan fingerprint density at radius 2 is 2.14 bits per heavy atom. The zero-order valence-electron chi connectivity index (χ0n) is 13.7. The van der Waals surface area contributed by atoms with Crippen LogP contribution in [0.3, 0.4) is 0 Å². The average Bonchev–Trinajstić information content (AvgIpc) is 3.02. The van der Waals surface area contributed by atoms with Crippen LogP contribution in [0.2, 0.25) is 0 Å². The molecule has 0 aromatic heterocycles. The molecule has 2 heterocycles. The third kappa shape index (κ3) is 3.98. The van der Waals surface area contributed by atoms with E-state index in [0.29, 0.717) is 12.1 Å². The number of likely N-dealkylation sites (N-methyl/N-ethyl adjacent to an activating group) is 1. The summed E-state index contributed by atoms with van der Waals surface area (Å²) in [5.41, 5.74) is 0. The number of hydrogen-bond donors (Lipinski definition) is 2. The van der Waals surface area contributed by atoms with E-state index in [1.54, 1.807) is 0 Å². The molecule has 2 saturated heterocycles. The molecule has 0 aromatic rings. The van der Waals surface area contributed by atoms with Crippen molar-refractivity contribution < 1.29 is 4.74 Å². The highest BCUT2D eigenvalue weighted by molar-refractivity contribution is 4.93. The molecule has 2 aliphatic heterocycles. The van der Waals surface area contributed by atoms with Gasteiger partial charge >= 0.3 is 0 Å². The van der Waals surface area contributed by atoms with Gasteiger partial charge in [-0.1, -0.05) is 19.8 Å². The fourth-order valence-corrected chi connectivity index (χ4v) is 4.58. The van der Waals surface area contributed by atoms with Gasteiger partial charge in [0, 0.05) is 31.2 Å². The highest BCUT2D eigenvalue weighted by Gasteiger charge is 2.35.